The van der Waals surface area contributed by atoms with E-state index in [-0.39, 0.29) is 18.0 Å². The third kappa shape index (κ3) is 3.38. The molecule has 3 rings (SSSR count). The Morgan fingerprint density at radius 3 is 2.57 bits per heavy atom. The SMILES string of the molecule is CC(NC1CCC1)c1cc(F)ccc1N1CCC(O)CC1. The first kappa shape index (κ1) is 14.8. The van der Waals surface area contributed by atoms with Gasteiger partial charge in [0.25, 0.3) is 0 Å². The number of benzene rings is 1. The molecule has 2 aliphatic rings. The average molecular weight is 292 g/mol. The van der Waals surface area contributed by atoms with Gasteiger partial charge in [-0.2, -0.15) is 0 Å². The molecule has 0 radical (unpaired) electrons. The largest absolute Gasteiger partial charge is 0.393 e. The van der Waals surface area contributed by atoms with Crippen molar-refractivity contribution in [3.8, 4) is 0 Å². The van der Waals surface area contributed by atoms with Crippen molar-refractivity contribution >= 4 is 5.69 Å². The van der Waals surface area contributed by atoms with Gasteiger partial charge in [0, 0.05) is 30.9 Å². The number of halogens is 1. The van der Waals surface area contributed by atoms with Gasteiger partial charge in [0.05, 0.1) is 6.10 Å². The van der Waals surface area contributed by atoms with Crippen LogP contribution in [-0.2, 0) is 0 Å². The van der Waals surface area contributed by atoms with E-state index in [9.17, 15) is 9.50 Å². The molecule has 1 aliphatic heterocycles. The lowest BCUT2D eigenvalue weighted by Crippen LogP contribution is -2.39. The molecule has 1 unspecified atom stereocenters. The van der Waals surface area contributed by atoms with Crippen molar-refractivity contribution in [2.45, 2.75) is 57.2 Å². The van der Waals surface area contributed by atoms with Crippen molar-refractivity contribution in [2.24, 2.45) is 0 Å². The summed E-state index contributed by atoms with van der Waals surface area (Å²) < 4.78 is 13.7. The number of hydrogen-bond donors (Lipinski definition) is 2. The molecular weight excluding hydrogens is 267 g/mol. The van der Waals surface area contributed by atoms with Crippen LogP contribution in [0.5, 0.6) is 0 Å². The smallest absolute Gasteiger partial charge is 0.123 e. The van der Waals surface area contributed by atoms with Gasteiger partial charge >= 0.3 is 0 Å². The second-order valence-electron chi connectivity index (χ2n) is 6.44. The van der Waals surface area contributed by atoms with E-state index in [4.69, 9.17) is 0 Å². The summed E-state index contributed by atoms with van der Waals surface area (Å²) in [5.41, 5.74) is 2.15. The molecule has 1 aromatic carbocycles. The first-order valence-electron chi connectivity index (χ1n) is 8.12. The first-order chi connectivity index (χ1) is 10.1. The molecule has 21 heavy (non-hydrogen) atoms. The number of anilines is 1. The van der Waals surface area contributed by atoms with E-state index in [1.54, 1.807) is 12.1 Å². The fourth-order valence-electron chi connectivity index (χ4n) is 3.29. The van der Waals surface area contributed by atoms with Gasteiger partial charge in [-0.1, -0.05) is 6.42 Å². The predicted molar refractivity (Wildman–Crippen MR) is 83.0 cm³/mol. The molecule has 2 fully saturated rings. The molecule has 2 N–H and O–H groups in total. The third-order valence-corrected chi connectivity index (χ3v) is 4.85. The van der Waals surface area contributed by atoms with E-state index < -0.39 is 0 Å². The zero-order valence-corrected chi connectivity index (χ0v) is 12.7. The Kier molecular flexibility index (Phi) is 4.45. The number of aliphatic hydroxyl groups excluding tert-OH is 1. The molecule has 0 bridgehead atoms. The van der Waals surface area contributed by atoms with Gasteiger partial charge in [-0.3, -0.25) is 0 Å². The monoisotopic (exact) mass is 292 g/mol. The minimum Gasteiger partial charge on any atom is -0.393 e. The van der Waals surface area contributed by atoms with Gasteiger partial charge in [-0.05, 0) is 56.4 Å². The maximum absolute atomic E-state index is 13.7. The minimum atomic E-state index is -0.185. The van der Waals surface area contributed by atoms with E-state index in [1.165, 1.54) is 19.3 Å². The highest BCUT2D eigenvalue weighted by Gasteiger charge is 2.24. The average Bonchev–Trinajstić information content (AvgIpc) is 2.44. The van der Waals surface area contributed by atoms with Crippen LogP contribution in [0.2, 0.25) is 0 Å². The number of piperidine rings is 1. The van der Waals surface area contributed by atoms with Crippen LogP contribution in [0.1, 0.15) is 50.6 Å². The van der Waals surface area contributed by atoms with E-state index in [0.717, 1.165) is 37.2 Å². The standard InChI is InChI=1S/C17H25FN2O/c1-12(19-14-3-2-4-14)16-11-13(18)5-6-17(16)20-9-7-15(21)8-10-20/h5-6,11-12,14-15,19,21H,2-4,7-10H2,1H3. The van der Waals surface area contributed by atoms with Crippen molar-refractivity contribution < 1.29 is 9.50 Å². The van der Waals surface area contributed by atoms with Gasteiger partial charge < -0.3 is 15.3 Å². The van der Waals surface area contributed by atoms with Gasteiger partial charge in [-0.15, -0.1) is 0 Å². The molecule has 1 aromatic rings. The van der Waals surface area contributed by atoms with Gasteiger partial charge in [0.15, 0.2) is 0 Å². The Morgan fingerprint density at radius 1 is 1.24 bits per heavy atom. The van der Waals surface area contributed by atoms with E-state index in [0.29, 0.717) is 6.04 Å². The molecule has 1 atom stereocenters. The van der Waals surface area contributed by atoms with Gasteiger partial charge in [-0.25, -0.2) is 4.39 Å². The number of hydrogen-bond acceptors (Lipinski definition) is 3. The van der Waals surface area contributed by atoms with Gasteiger partial charge in [0.2, 0.25) is 0 Å². The van der Waals surface area contributed by atoms with E-state index >= 15 is 0 Å². The lowest BCUT2D eigenvalue weighted by molar-refractivity contribution is 0.145. The minimum absolute atomic E-state index is 0.160. The van der Waals surface area contributed by atoms with Crippen LogP contribution in [0, 0.1) is 5.82 Å². The summed E-state index contributed by atoms with van der Waals surface area (Å²) in [4.78, 5) is 2.28. The Bertz CT molecular complexity index is 482. The number of rotatable bonds is 4. The van der Waals surface area contributed by atoms with Crippen LogP contribution in [0.4, 0.5) is 10.1 Å². The highest BCUT2D eigenvalue weighted by Crippen LogP contribution is 2.31. The molecule has 4 heteroatoms. The normalized spacial score (nSPS) is 22.1. The zero-order valence-electron chi connectivity index (χ0n) is 12.7. The second-order valence-corrected chi connectivity index (χ2v) is 6.44. The topological polar surface area (TPSA) is 35.5 Å². The lowest BCUT2D eigenvalue weighted by Gasteiger charge is -2.35. The molecule has 116 valence electrons. The lowest BCUT2D eigenvalue weighted by atomic mass is 9.91. The van der Waals surface area contributed by atoms with Crippen LogP contribution in [0.15, 0.2) is 18.2 Å². The van der Waals surface area contributed by atoms with Crippen molar-refractivity contribution in [3.05, 3.63) is 29.6 Å². The summed E-state index contributed by atoms with van der Waals surface area (Å²) in [6.07, 6.45) is 5.15. The van der Waals surface area contributed by atoms with Crippen LogP contribution in [0.25, 0.3) is 0 Å². The number of nitrogens with one attached hydrogen (secondary N) is 1. The van der Waals surface area contributed by atoms with Crippen LogP contribution >= 0.6 is 0 Å². The maximum atomic E-state index is 13.7. The number of aliphatic hydroxyl groups is 1. The Balaban J connectivity index is 1.78. The summed E-state index contributed by atoms with van der Waals surface area (Å²) in [5, 5.41) is 13.3. The second kappa shape index (κ2) is 6.32. The van der Waals surface area contributed by atoms with Crippen molar-refractivity contribution in [2.75, 3.05) is 18.0 Å². The molecule has 0 amide bonds. The molecule has 0 aromatic heterocycles. The molecule has 1 saturated carbocycles. The Labute approximate surface area is 126 Å². The first-order valence-corrected chi connectivity index (χ1v) is 8.12. The summed E-state index contributed by atoms with van der Waals surface area (Å²) in [6, 6.07) is 5.84. The molecule has 1 aliphatic carbocycles. The molecule has 0 spiro atoms. The highest BCUT2D eigenvalue weighted by atomic mass is 19.1. The van der Waals surface area contributed by atoms with Crippen LogP contribution in [0.3, 0.4) is 0 Å². The summed E-state index contributed by atoms with van der Waals surface area (Å²) in [5.74, 6) is -0.173. The Morgan fingerprint density at radius 2 is 1.95 bits per heavy atom. The summed E-state index contributed by atoms with van der Waals surface area (Å²) in [6.45, 7) is 3.81. The fourth-order valence-corrected chi connectivity index (χ4v) is 3.29. The van der Waals surface area contributed by atoms with Crippen molar-refractivity contribution in [1.29, 1.82) is 0 Å². The van der Waals surface area contributed by atoms with Crippen molar-refractivity contribution in [1.82, 2.24) is 5.32 Å². The molecule has 3 nitrogen and oxygen atoms in total. The highest BCUT2D eigenvalue weighted by molar-refractivity contribution is 5.55. The van der Waals surface area contributed by atoms with E-state index in [2.05, 4.69) is 17.1 Å². The molecule has 1 heterocycles. The van der Waals surface area contributed by atoms with E-state index in [1.807, 2.05) is 6.07 Å². The molecular formula is C17H25FN2O. The predicted octanol–water partition coefficient (Wildman–Crippen LogP) is 2.99. The number of nitrogens with zero attached hydrogens (tertiary/aromatic N) is 1. The third-order valence-electron chi connectivity index (χ3n) is 4.85. The zero-order chi connectivity index (χ0) is 14.8. The van der Waals surface area contributed by atoms with Crippen molar-refractivity contribution in [3.63, 3.8) is 0 Å². The van der Waals surface area contributed by atoms with Gasteiger partial charge in [0.1, 0.15) is 5.82 Å². The quantitative estimate of drug-likeness (QED) is 0.895. The maximum Gasteiger partial charge on any atom is 0.123 e. The fraction of sp³-hybridized carbons (Fsp3) is 0.647. The van der Waals surface area contributed by atoms with Crippen LogP contribution in [-0.4, -0.2) is 30.3 Å². The summed E-state index contributed by atoms with van der Waals surface area (Å²) >= 11 is 0. The summed E-state index contributed by atoms with van der Waals surface area (Å²) in [7, 11) is 0. The van der Waals surface area contributed by atoms with Crippen LogP contribution < -0.4 is 10.2 Å². The Hall–Kier alpha value is -1.13. The molecule has 1 saturated heterocycles.